The molecular formula is C26H20F7N5O. The number of alkyl halides is 5. The maximum Gasteiger partial charge on any atom is 0.409 e. The van der Waals surface area contributed by atoms with Crippen molar-refractivity contribution >= 4 is 22.3 Å². The molecule has 0 radical (unpaired) electrons. The largest absolute Gasteiger partial charge is 0.409 e. The highest BCUT2D eigenvalue weighted by Gasteiger charge is 2.52. The third-order valence-electron chi connectivity index (χ3n) is 6.62. The van der Waals surface area contributed by atoms with Crippen molar-refractivity contribution in [2.45, 2.75) is 30.5 Å². The molecule has 0 aliphatic carbocycles. The molecule has 4 aromatic rings. The monoisotopic (exact) mass is 551 g/mol. The summed E-state index contributed by atoms with van der Waals surface area (Å²) in [7, 11) is 0. The average Bonchev–Trinajstić information content (AvgIpc) is 2.86. The fraction of sp³-hybridized carbons (Fsp3) is 0.269. The molecule has 1 saturated heterocycles. The molecule has 0 amide bonds. The van der Waals surface area contributed by atoms with Gasteiger partial charge in [-0.2, -0.15) is 13.2 Å². The van der Waals surface area contributed by atoms with Crippen molar-refractivity contribution in [1.29, 1.82) is 0 Å². The van der Waals surface area contributed by atoms with Crippen molar-refractivity contribution in [3.63, 3.8) is 0 Å². The van der Waals surface area contributed by atoms with Crippen molar-refractivity contribution in [1.82, 2.24) is 19.9 Å². The Labute approximate surface area is 216 Å². The molecule has 1 aliphatic heterocycles. The molecule has 1 fully saturated rings. The van der Waals surface area contributed by atoms with Crippen molar-refractivity contribution in [3.05, 3.63) is 94.3 Å². The zero-order chi connectivity index (χ0) is 27.9. The van der Waals surface area contributed by atoms with Crippen LogP contribution in [0.15, 0.2) is 65.8 Å². The van der Waals surface area contributed by atoms with E-state index in [4.69, 9.17) is 0 Å². The molecule has 3 aromatic heterocycles. The fourth-order valence-corrected chi connectivity index (χ4v) is 4.71. The standard InChI is InChI=1S/C26H20F7N5O/c27-16-2-3-20(19(28)8-16)37-17-7-15-11-34-22(9-21(15)35-12-17)24(26(31,32)33)38-6-5-25(29,30)18(13-38)14-1-4-23(39)36-10-14/h1-4,7-12,18,24,37H,5-6,13H2,(H,36,39). The van der Waals surface area contributed by atoms with E-state index in [0.29, 0.717) is 11.5 Å². The van der Waals surface area contributed by atoms with Gasteiger partial charge in [-0.15, -0.1) is 0 Å². The van der Waals surface area contributed by atoms with E-state index < -0.39 is 66.5 Å². The minimum absolute atomic E-state index is 0.0241. The van der Waals surface area contributed by atoms with Gasteiger partial charge in [0.05, 0.1) is 34.7 Å². The van der Waals surface area contributed by atoms with E-state index in [2.05, 4.69) is 20.3 Å². The zero-order valence-corrected chi connectivity index (χ0v) is 19.9. The maximum atomic E-state index is 14.8. The van der Waals surface area contributed by atoms with Gasteiger partial charge in [0.1, 0.15) is 17.7 Å². The summed E-state index contributed by atoms with van der Waals surface area (Å²) in [4.78, 5) is 22.7. The molecule has 0 saturated carbocycles. The first-order chi connectivity index (χ1) is 18.4. The number of halogens is 7. The van der Waals surface area contributed by atoms with E-state index in [1.165, 1.54) is 30.6 Å². The maximum absolute atomic E-state index is 14.8. The predicted molar refractivity (Wildman–Crippen MR) is 129 cm³/mol. The summed E-state index contributed by atoms with van der Waals surface area (Å²) < 4.78 is 99.6. The number of nitrogens with zero attached hydrogens (tertiary/aromatic N) is 3. The Morgan fingerprint density at radius 2 is 1.85 bits per heavy atom. The number of hydrogen-bond donors (Lipinski definition) is 2. The van der Waals surface area contributed by atoms with Crippen LogP contribution < -0.4 is 10.9 Å². The third-order valence-corrected chi connectivity index (χ3v) is 6.62. The van der Waals surface area contributed by atoms with Gasteiger partial charge in [0, 0.05) is 49.4 Å². The van der Waals surface area contributed by atoms with Crippen molar-refractivity contribution < 1.29 is 30.7 Å². The number of piperidine rings is 1. The van der Waals surface area contributed by atoms with Crippen LogP contribution in [0, 0.1) is 11.6 Å². The normalized spacial score (nSPS) is 18.7. The van der Waals surface area contributed by atoms with Crippen molar-refractivity contribution in [3.8, 4) is 0 Å². The molecule has 39 heavy (non-hydrogen) atoms. The topological polar surface area (TPSA) is 73.9 Å². The first-order valence-electron chi connectivity index (χ1n) is 11.8. The van der Waals surface area contributed by atoms with Gasteiger partial charge in [-0.1, -0.05) is 6.07 Å². The SMILES string of the molecule is O=c1ccc(C2CN(C(c3cc4ncc(Nc5ccc(F)cc5F)cc4cn3)C(F)(F)F)CCC2(F)F)c[nH]1. The first kappa shape index (κ1) is 26.6. The lowest BCUT2D eigenvalue weighted by molar-refractivity contribution is -0.201. The van der Waals surface area contributed by atoms with Gasteiger partial charge >= 0.3 is 6.18 Å². The Hall–Kier alpha value is -4.00. The van der Waals surface area contributed by atoms with Crippen molar-refractivity contribution in [2.24, 2.45) is 0 Å². The summed E-state index contributed by atoms with van der Waals surface area (Å²) >= 11 is 0. The van der Waals surface area contributed by atoms with Crippen LogP contribution in [0.25, 0.3) is 10.9 Å². The molecule has 13 heteroatoms. The number of aromatic nitrogens is 3. The van der Waals surface area contributed by atoms with E-state index in [0.717, 1.165) is 29.3 Å². The van der Waals surface area contributed by atoms with E-state index >= 15 is 0 Å². The summed E-state index contributed by atoms with van der Waals surface area (Å²) in [6.07, 6.45) is -2.13. The number of rotatable bonds is 5. The van der Waals surface area contributed by atoms with Crippen LogP contribution in [0.5, 0.6) is 0 Å². The summed E-state index contributed by atoms with van der Waals surface area (Å²) in [6, 6.07) is 5.52. The van der Waals surface area contributed by atoms with Crippen LogP contribution in [-0.4, -0.2) is 45.0 Å². The van der Waals surface area contributed by atoms with E-state index in [1.54, 1.807) is 0 Å². The molecule has 2 unspecified atom stereocenters. The van der Waals surface area contributed by atoms with Crippen LogP contribution in [0.4, 0.5) is 42.1 Å². The summed E-state index contributed by atoms with van der Waals surface area (Å²) in [5.41, 5.74) is -0.500. The van der Waals surface area contributed by atoms with Gasteiger partial charge < -0.3 is 10.3 Å². The molecule has 6 nitrogen and oxygen atoms in total. The lowest BCUT2D eigenvalue weighted by Gasteiger charge is -2.42. The van der Waals surface area contributed by atoms with Crippen LogP contribution in [0.1, 0.15) is 29.6 Å². The molecule has 4 heterocycles. The Kier molecular flexibility index (Phi) is 6.79. The first-order valence-corrected chi connectivity index (χ1v) is 11.8. The van der Waals surface area contributed by atoms with Gasteiger partial charge in [-0.05, 0) is 29.8 Å². The smallest absolute Gasteiger partial charge is 0.352 e. The molecule has 204 valence electrons. The second-order valence-corrected chi connectivity index (χ2v) is 9.26. The molecule has 1 aromatic carbocycles. The Morgan fingerprint density at radius 3 is 2.54 bits per heavy atom. The molecule has 5 rings (SSSR count). The molecule has 2 atom stereocenters. The minimum Gasteiger partial charge on any atom is -0.352 e. The highest BCUT2D eigenvalue weighted by atomic mass is 19.4. The van der Waals surface area contributed by atoms with E-state index in [9.17, 15) is 35.5 Å². The Bertz CT molecular complexity index is 1550. The summed E-state index contributed by atoms with van der Waals surface area (Å²) in [6.45, 7) is -1.15. The van der Waals surface area contributed by atoms with Crippen LogP contribution >= 0.6 is 0 Å². The predicted octanol–water partition coefficient (Wildman–Crippen LogP) is 6.07. The Morgan fingerprint density at radius 1 is 1.05 bits per heavy atom. The molecular weight excluding hydrogens is 531 g/mol. The number of nitrogens with one attached hydrogen (secondary N) is 2. The van der Waals surface area contributed by atoms with Gasteiger partial charge in [-0.3, -0.25) is 19.7 Å². The van der Waals surface area contributed by atoms with E-state index in [-0.39, 0.29) is 22.5 Å². The third kappa shape index (κ3) is 5.58. The number of aromatic amines is 1. The summed E-state index contributed by atoms with van der Waals surface area (Å²) in [5, 5.41) is 3.06. The second kappa shape index (κ2) is 9.95. The lowest BCUT2D eigenvalue weighted by atomic mass is 9.86. The number of hydrogen-bond acceptors (Lipinski definition) is 5. The minimum atomic E-state index is -4.84. The molecule has 0 bridgehead atoms. The number of anilines is 2. The van der Waals surface area contributed by atoms with Gasteiger partial charge in [0.25, 0.3) is 5.92 Å². The number of H-pyrrole nitrogens is 1. The van der Waals surface area contributed by atoms with Crippen LogP contribution in [0.3, 0.4) is 0 Å². The quantitative estimate of drug-likeness (QED) is 0.295. The van der Waals surface area contributed by atoms with E-state index in [1.807, 2.05) is 0 Å². The zero-order valence-electron chi connectivity index (χ0n) is 19.9. The van der Waals surface area contributed by atoms with Crippen molar-refractivity contribution in [2.75, 3.05) is 18.4 Å². The molecule has 2 N–H and O–H groups in total. The van der Waals surface area contributed by atoms with Crippen LogP contribution in [0.2, 0.25) is 0 Å². The number of benzene rings is 1. The average molecular weight is 551 g/mol. The summed E-state index contributed by atoms with van der Waals surface area (Å²) in [5.74, 6) is -6.46. The number of pyridine rings is 3. The number of fused-ring (bicyclic) bond motifs is 1. The molecule has 1 aliphatic rings. The Balaban J connectivity index is 1.44. The van der Waals surface area contributed by atoms with Gasteiger partial charge in [0.15, 0.2) is 0 Å². The fourth-order valence-electron chi connectivity index (χ4n) is 4.71. The second-order valence-electron chi connectivity index (χ2n) is 9.26. The van der Waals surface area contributed by atoms with Crippen LogP contribution in [-0.2, 0) is 0 Å². The van der Waals surface area contributed by atoms with Gasteiger partial charge in [-0.25, -0.2) is 17.6 Å². The highest BCUT2D eigenvalue weighted by molar-refractivity contribution is 5.82. The lowest BCUT2D eigenvalue weighted by Crippen LogP contribution is -2.50. The van der Waals surface area contributed by atoms with Gasteiger partial charge in [0.2, 0.25) is 5.56 Å². The molecule has 0 spiro atoms. The number of likely N-dealkylation sites (tertiary alicyclic amines) is 1. The highest BCUT2D eigenvalue weighted by Crippen LogP contribution is 2.46.